The molecule has 1 N–H and O–H groups in total. The molecule has 0 fully saturated rings. The largest absolute Gasteiger partial charge is 0.507 e. The summed E-state index contributed by atoms with van der Waals surface area (Å²) in [5.41, 5.74) is -2.03. The van der Waals surface area contributed by atoms with Gasteiger partial charge in [0.15, 0.2) is 0 Å². The van der Waals surface area contributed by atoms with Crippen molar-refractivity contribution in [3.8, 4) is 5.75 Å². The number of halogens is 6. The van der Waals surface area contributed by atoms with Crippen LogP contribution in [-0.4, -0.2) is 16.6 Å². The van der Waals surface area contributed by atoms with Gasteiger partial charge >= 0.3 is 12.4 Å². The van der Waals surface area contributed by atoms with Crippen LogP contribution in [0.25, 0.3) is 10.8 Å². The highest BCUT2D eigenvalue weighted by Gasteiger charge is 2.40. The molecule has 0 saturated heterocycles. The molecule has 3 aromatic carbocycles. The zero-order valence-electron chi connectivity index (χ0n) is 18.7. The third-order valence-corrected chi connectivity index (χ3v) is 10.3. The molecule has 0 spiro atoms. The second-order valence-electron chi connectivity index (χ2n) is 8.22. The van der Waals surface area contributed by atoms with Gasteiger partial charge in [-0.2, -0.15) is 36.4 Å². The van der Waals surface area contributed by atoms with Gasteiger partial charge in [-0.3, -0.25) is 0 Å². The van der Waals surface area contributed by atoms with E-state index in [-0.39, 0.29) is 34.1 Å². The number of benzene rings is 3. The summed E-state index contributed by atoms with van der Waals surface area (Å²) < 4.78 is 81.5. The molecule has 0 aliphatic carbocycles. The van der Waals surface area contributed by atoms with E-state index in [4.69, 9.17) is 0 Å². The Hall–Kier alpha value is -2.35. The molecule has 180 valence electrons. The first kappa shape index (κ1) is 25.3. The van der Waals surface area contributed by atoms with Crippen molar-refractivity contribution in [3.05, 3.63) is 65.2 Å². The third-order valence-electron chi connectivity index (χ3n) is 6.02. The highest BCUT2D eigenvalue weighted by atomic mass is 32.3. The first-order valence-corrected chi connectivity index (χ1v) is 12.6. The summed E-state index contributed by atoms with van der Waals surface area (Å²) in [6.45, 7) is 7.28. The van der Waals surface area contributed by atoms with Crippen molar-refractivity contribution in [1.82, 2.24) is 0 Å². The summed E-state index contributed by atoms with van der Waals surface area (Å²) in [6.07, 6.45) is -9.87. The second-order valence-corrected chi connectivity index (χ2v) is 12.0. The van der Waals surface area contributed by atoms with Gasteiger partial charge in [-0.25, -0.2) is 0 Å². The maximum atomic E-state index is 13.6. The maximum Gasteiger partial charge on any atom is 0.416 e. The Labute approximate surface area is 190 Å². The van der Waals surface area contributed by atoms with Crippen LogP contribution < -0.4 is 0 Å². The lowest BCUT2D eigenvalue weighted by Gasteiger charge is -2.41. The second kappa shape index (κ2) is 8.78. The number of alkyl halides is 6. The van der Waals surface area contributed by atoms with E-state index in [1.807, 2.05) is 38.1 Å². The van der Waals surface area contributed by atoms with Gasteiger partial charge in [-0.05, 0) is 57.4 Å². The predicted octanol–water partition coefficient (Wildman–Crippen LogP) is 8.97. The number of rotatable bonds is 5. The quantitative estimate of drug-likeness (QED) is 0.355. The lowest BCUT2D eigenvalue weighted by Crippen LogP contribution is -2.15. The summed E-state index contributed by atoms with van der Waals surface area (Å²) in [4.78, 5) is 0.386. The van der Waals surface area contributed by atoms with Crippen molar-refractivity contribution >= 4 is 20.8 Å². The van der Waals surface area contributed by atoms with Gasteiger partial charge in [0.05, 0.1) is 11.1 Å². The van der Waals surface area contributed by atoms with E-state index >= 15 is 0 Å². The number of fused-ring (bicyclic) bond motifs is 1. The van der Waals surface area contributed by atoms with E-state index in [1.165, 1.54) is 0 Å². The molecule has 0 aromatic heterocycles. The Kier molecular flexibility index (Phi) is 6.72. The molecule has 0 aliphatic heterocycles. The molecule has 0 atom stereocenters. The standard InChI is InChI=1S/C25H26F6OS/c1-5-33(6-2,19-13-17(24(26,27)28)12-18(14-19)25(29,30)31)21-11-16-9-7-8-10-20(16)22(15(3)4)23(21)32/h7-15,32H,5-6H2,1-4H3. The van der Waals surface area contributed by atoms with Gasteiger partial charge in [0.2, 0.25) is 0 Å². The number of aromatic hydroxyl groups is 1. The SMILES string of the molecule is CCS(CC)(c1cc(C(F)(F)F)cc(C(F)(F)F)c1)c1cc2ccccc2c(C(C)C)c1O. The van der Waals surface area contributed by atoms with E-state index in [2.05, 4.69) is 0 Å². The molecule has 0 aliphatic rings. The van der Waals surface area contributed by atoms with Crippen LogP contribution in [-0.2, 0) is 12.4 Å². The molecule has 3 aromatic rings. The van der Waals surface area contributed by atoms with Gasteiger partial charge in [-0.15, -0.1) is 0 Å². The van der Waals surface area contributed by atoms with E-state index in [0.29, 0.717) is 10.5 Å². The van der Waals surface area contributed by atoms with Crippen LogP contribution in [0, 0.1) is 0 Å². The van der Waals surface area contributed by atoms with Crippen LogP contribution in [0.4, 0.5) is 26.3 Å². The lowest BCUT2D eigenvalue weighted by molar-refractivity contribution is -0.143. The Morgan fingerprint density at radius 2 is 1.33 bits per heavy atom. The number of phenols is 1. The van der Waals surface area contributed by atoms with Crippen molar-refractivity contribution in [2.24, 2.45) is 0 Å². The molecule has 0 saturated carbocycles. The summed E-state index contributed by atoms with van der Waals surface area (Å²) in [7, 11) is -2.42. The Morgan fingerprint density at radius 3 is 1.79 bits per heavy atom. The van der Waals surface area contributed by atoms with Gasteiger partial charge in [-0.1, -0.05) is 52.0 Å². The highest BCUT2D eigenvalue weighted by Crippen LogP contribution is 2.66. The van der Waals surface area contributed by atoms with Gasteiger partial charge in [0.1, 0.15) is 5.75 Å². The molecule has 33 heavy (non-hydrogen) atoms. The molecule has 0 unspecified atom stereocenters. The van der Waals surface area contributed by atoms with Crippen LogP contribution in [0.1, 0.15) is 50.3 Å². The molecule has 8 heteroatoms. The minimum atomic E-state index is -4.93. The lowest BCUT2D eigenvalue weighted by atomic mass is 9.95. The first-order valence-electron chi connectivity index (χ1n) is 10.6. The minimum Gasteiger partial charge on any atom is -0.507 e. The van der Waals surface area contributed by atoms with Gasteiger partial charge in [0.25, 0.3) is 0 Å². The molecule has 0 radical (unpaired) electrons. The minimum absolute atomic E-state index is 0.0325. The van der Waals surface area contributed by atoms with Crippen molar-refractivity contribution in [2.75, 3.05) is 11.5 Å². The maximum absolute atomic E-state index is 13.6. The van der Waals surface area contributed by atoms with Gasteiger partial charge in [0, 0.05) is 10.5 Å². The third kappa shape index (κ3) is 4.54. The normalized spacial score (nSPS) is 13.7. The highest BCUT2D eigenvalue weighted by molar-refractivity contribution is 8.33. The fraction of sp³-hybridized carbons (Fsp3) is 0.360. The van der Waals surface area contributed by atoms with E-state index < -0.39 is 33.5 Å². The van der Waals surface area contributed by atoms with E-state index in [1.54, 1.807) is 19.9 Å². The van der Waals surface area contributed by atoms with Crippen LogP contribution in [0.3, 0.4) is 0 Å². The number of phenolic OH excluding ortho intramolecular Hbond substituents is 1. The topological polar surface area (TPSA) is 20.2 Å². The average molecular weight is 489 g/mol. The van der Waals surface area contributed by atoms with Crippen molar-refractivity contribution in [1.29, 1.82) is 0 Å². The van der Waals surface area contributed by atoms with E-state index in [9.17, 15) is 31.4 Å². The van der Waals surface area contributed by atoms with Crippen molar-refractivity contribution < 1.29 is 31.4 Å². The fourth-order valence-corrected chi connectivity index (χ4v) is 7.84. The van der Waals surface area contributed by atoms with Crippen LogP contribution in [0.2, 0.25) is 0 Å². The fourth-order valence-electron chi connectivity index (χ4n) is 4.35. The summed E-state index contributed by atoms with van der Waals surface area (Å²) >= 11 is 0. The molecular formula is C25H26F6OS. The van der Waals surface area contributed by atoms with Gasteiger partial charge < -0.3 is 5.11 Å². The predicted molar refractivity (Wildman–Crippen MR) is 121 cm³/mol. The number of hydrogen-bond acceptors (Lipinski definition) is 1. The van der Waals surface area contributed by atoms with Crippen molar-refractivity contribution in [2.45, 2.75) is 55.8 Å². The molecule has 0 bridgehead atoms. The monoisotopic (exact) mass is 488 g/mol. The molecule has 3 rings (SSSR count). The summed E-state index contributed by atoms with van der Waals surface area (Å²) in [6, 6.07) is 10.9. The summed E-state index contributed by atoms with van der Waals surface area (Å²) in [5.74, 6) is 0.415. The Bertz CT molecular complexity index is 1130. The molecule has 0 heterocycles. The molecule has 0 amide bonds. The zero-order chi connectivity index (χ0) is 24.8. The Balaban J connectivity index is 2.44. The first-order chi connectivity index (χ1) is 15.3. The van der Waals surface area contributed by atoms with Crippen LogP contribution in [0.5, 0.6) is 5.75 Å². The zero-order valence-corrected chi connectivity index (χ0v) is 19.6. The van der Waals surface area contributed by atoms with Crippen LogP contribution >= 0.6 is 10.0 Å². The average Bonchev–Trinajstić information content (AvgIpc) is 2.73. The van der Waals surface area contributed by atoms with Crippen molar-refractivity contribution in [3.63, 3.8) is 0 Å². The van der Waals surface area contributed by atoms with Crippen LogP contribution in [0.15, 0.2) is 58.3 Å². The smallest absolute Gasteiger partial charge is 0.416 e. The summed E-state index contributed by atoms with van der Waals surface area (Å²) in [5, 5.41) is 13.0. The molecule has 1 nitrogen and oxygen atoms in total. The molecular weight excluding hydrogens is 462 g/mol. The Morgan fingerprint density at radius 1 is 0.818 bits per heavy atom. The number of hydrogen-bond donors (Lipinski definition) is 1. The van der Waals surface area contributed by atoms with E-state index in [0.717, 1.165) is 22.9 Å².